The van der Waals surface area contributed by atoms with Crippen molar-refractivity contribution < 1.29 is 9.59 Å². The Kier molecular flexibility index (Phi) is 6.27. The number of rotatable bonds is 7. The highest BCUT2D eigenvalue weighted by atomic mass is 16.2. The molecule has 26 heavy (non-hydrogen) atoms. The molecule has 0 saturated carbocycles. The second-order valence-electron chi connectivity index (χ2n) is 7.67. The lowest BCUT2D eigenvalue weighted by atomic mass is 10.0. The molecular weight excluding hydrogens is 328 g/mol. The third kappa shape index (κ3) is 4.83. The van der Waals surface area contributed by atoms with E-state index in [2.05, 4.69) is 33.0 Å². The van der Waals surface area contributed by atoms with E-state index in [4.69, 9.17) is 0 Å². The predicted molar refractivity (Wildman–Crippen MR) is 101 cm³/mol. The Morgan fingerprint density at radius 3 is 2.81 bits per heavy atom. The summed E-state index contributed by atoms with van der Waals surface area (Å²) in [6.45, 7) is 6.25. The molecule has 3 N–H and O–H groups in total. The fraction of sp³-hybridized carbons (Fsp3) is 0.600. The van der Waals surface area contributed by atoms with Crippen LogP contribution >= 0.6 is 0 Å². The molecule has 2 amide bonds. The third-order valence-electron chi connectivity index (χ3n) is 5.21. The number of carbonyl (C=O) groups is 2. The molecule has 2 fully saturated rings. The van der Waals surface area contributed by atoms with Gasteiger partial charge in [0.2, 0.25) is 11.8 Å². The maximum Gasteiger partial charge on any atom is 0.237 e. The second-order valence-corrected chi connectivity index (χ2v) is 7.67. The quantitative estimate of drug-likeness (QED) is 0.680. The Morgan fingerprint density at radius 2 is 2.08 bits per heavy atom. The third-order valence-corrected chi connectivity index (χ3v) is 5.21. The van der Waals surface area contributed by atoms with Crippen LogP contribution in [0.25, 0.3) is 0 Å². The first-order valence-corrected chi connectivity index (χ1v) is 9.63. The van der Waals surface area contributed by atoms with E-state index < -0.39 is 0 Å². The van der Waals surface area contributed by atoms with Crippen molar-refractivity contribution in [1.29, 1.82) is 0 Å². The summed E-state index contributed by atoms with van der Waals surface area (Å²) in [7, 11) is 0. The molecule has 0 aliphatic carbocycles. The van der Waals surface area contributed by atoms with E-state index in [1.54, 1.807) is 0 Å². The van der Waals surface area contributed by atoms with Gasteiger partial charge in [0.25, 0.3) is 0 Å². The van der Waals surface area contributed by atoms with Gasteiger partial charge in [-0.25, -0.2) is 0 Å². The first-order valence-electron chi connectivity index (χ1n) is 9.63. The summed E-state index contributed by atoms with van der Waals surface area (Å²) in [4.78, 5) is 26.5. The average Bonchev–Trinajstić information content (AvgIpc) is 3.05. The average molecular weight is 358 g/mol. The Balaban J connectivity index is 1.53. The van der Waals surface area contributed by atoms with Gasteiger partial charge in [-0.3, -0.25) is 14.5 Å². The topological polar surface area (TPSA) is 73.5 Å². The van der Waals surface area contributed by atoms with E-state index in [1.165, 1.54) is 5.56 Å². The molecule has 142 valence electrons. The van der Waals surface area contributed by atoms with E-state index >= 15 is 0 Å². The number of piperazine rings is 1. The summed E-state index contributed by atoms with van der Waals surface area (Å²) in [5.41, 5.74) is 1.25. The fourth-order valence-corrected chi connectivity index (χ4v) is 3.94. The summed E-state index contributed by atoms with van der Waals surface area (Å²) in [6, 6.07) is 11.0. The number of benzene rings is 1. The number of hydrogen-bond donors (Lipinski definition) is 3. The number of nitrogens with one attached hydrogen (secondary N) is 3. The van der Waals surface area contributed by atoms with Crippen molar-refractivity contribution >= 4 is 11.8 Å². The van der Waals surface area contributed by atoms with Crippen LogP contribution in [0.2, 0.25) is 0 Å². The van der Waals surface area contributed by atoms with E-state index in [0.29, 0.717) is 19.0 Å². The minimum Gasteiger partial charge on any atom is -0.354 e. The first-order chi connectivity index (χ1) is 12.5. The molecule has 2 aliphatic heterocycles. The molecule has 1 aromatic rings. The number of hydrogen-bond acceptors (Lipinski definition) is 4. The highest BCUT2D eigenvalue weighted by Gasteiger charge is 2.43. The zero-order valence-corrected chi connectivity index (χ0v) is 15.7. The lowest BCUT2D eigenvalue weighted by Gasteiger charge is -2.37. The van der Waals surface area contributed by atoms with Crippen LogP contribution < -0.4 is 16.0 Å². The van der Waals surface area contributed by atoms with Crippen LogP contribution in [-0.2, 0) is 16.1 Å². The second kappa shape index (κ2) is 8.64. The summed E-state index contributed by atoms with van der Waals surface area (Å²) < 4.78 is 0. The van der Waals surface area contributed by atoms with Crippen LogP contribution in [0.4, 0.5) is 0 Å². The van der Waals surface area contributed by atoms with Crippen molar-refractivity contribution in [3.63, 3.8) is 0 Å². The summed E-state index contributed by atoms with van der Waals surface area (Å²) in [6.07, 6.45) is 2.11. The summed E-state index contributed by atoms with van der Waals surface area (Å²) in [5, 5.41) is 9.55. The minimum absolute atomic E-state index is 0.0739. The fourth-order valence-electron chi connectivity index (χ4n) is 3.94. The highest BCUT2D eigenvalue weighted by Crippen LogP contribution is 2.26. The molecule has 3 rings (SSSR count). The first kappa shape index (κ1) is 18.9. The summed E-state index contributed by atoms with van der Waals surface area (Å²) in [5.74, 6) is 0.211. The van der Waals surface area contributed by atoms with Gasteiger partial charge in [0, 0.05) is 44.2 Å². The summed E-state index contributed by atoms with van der Waals surface area (Å²) >= 11 is 0. The molecule has 0 spiro atoms. The zero-order valence-electron chi connectivity index (χ0n) is 15.7. The van der Waals surface area contributed by atoms with Crippen LogP contribution in [0.15, 0.2) is 30.3 Å². The lowest BCUT2D eigenvalue weighted by molar-refractivity contribution is -0.129. The van der Waals surface area contributed by atoms with E-state index in [0.717, 1.165) is 25.9 Å². The van der Waals surface area contributed by atoms with Crippen LogP contribution in [0.3, 0.4) is 0 Å². The monoisotopic (exact) mass is 358 g/mol. The SMILES string of the molecule is CC(C)NC(=O)CC[C@H]1CNC(=O)[C@H]2C[C@H](NCc3ccccc3)CN12. The van der Waals surface area contributed by atoms with Gasteiger partial charge in [-0.1, -0.05) is 30.3 Å². The molecule has 2 heterocycles. The molecule has 3 atom stereocenters. The molecular formula is C20H30N4O2. The highest BCUT2D eigenvalue weighted by molar-refractivity contribution is 5.83. The molecule has 6 nitrogen and oxygen atoms in total. The van der Waals surface area contributed by atoms with Gasteiger partial charge in [0.05, 0.1) is 6.04 Å². The van der Waals surface area contributed by atoms with Crippen molar-refractivity contribution in [2.45, 2.75) is 63.8 Å². The molecule has 2 aliphatic rings. The van der Waals surface area contributed by atoms with E-state index in [9.17, 15) is 9.59 Å². The smallest absolute Gasteiger partial charge is 0.237 e. The van der Waals surface area contributed by atoms with Crippen LogP contribution in [0, 0.1) is 0 Å². The molecule has 0 aromatic heterocycles. The number of nitrogens with zero attached hydrogens (tertiary/aromatic N) is 1. The number of fused-ring (bicyclic) bond motifs is 1. The van der Waals surface area contributed by atoms with Gasteiger partial charge in [-0.2, -0.15) is 0 Å². The van der Waals surface area contributed by atoms with Crippen molar-refractivity contribution in [3.05, 3.63) is 35.9 Å². The molecule has 2 saturated heterocycles. The van der Waals surface area contributed by atoms with E-state index in [1.807, 2.05) is 32.0 Å². The van der Waals surface area contributed by atoms with E-state index in [-0.39, 0.29) is 29.9 Å². The van der Waals surface area contributed by atoms with Gasteiger partial charge in [-0.15, -0.1) is 0 Å². The number of carbonyl (C=O) groups excluding carboxylic acids is 2. The largest absolute Gasteiger partial charge is 0.354 e. The minimum atomic E-state index is -0.0739. The van der Waals surface area contributed by atoms with Crippen molar-refractivity contribution in [2.24, 2.45) is 0 Å². The van der Waals surface area contributed by atoms with Gasteiger partial charge in [0.1, 0.15) is 0 Å². The molecule has 1 aromatic carbocycles. The Labute approximate surface area is 155 Å². The van der Waals surface area contributed by atoms with Crippen LogP contribution in [0.1, 0.15) is 38.7 Å². The maximum absolute atomic E-state index is 12.3. The molecule has 0 radical (unpaired) electrons. The van der Waals surface area contributed by atoms with Gasteiger partial charge in [-0.05, 0) is 32.3 Å². The molecule has 0 bridgehead atoms. The van der Waals surface area contributed by atoms with Gasteiger partial charge < -0.3 is 16.0 Å². The maximum atomic E-state index is 12.3. The van der Waals surface area contributed by atoms with Crippen molar-refractivity contribution in [1.82, 2.24) is 20.9 Å². The Morgan fingerprint density at radius 1 is 1.31 bits per heavy atom. The normalized spacial score (nSPS) is 25.8. The lowest BCUT2D eigenvalue weighted by Crippen LogP contribution is -2.58. The molecule has 0 unspecified atom stereocenters. The van der Waals surface area contributed by atoms with Gasteiger partial charge >= 0.3 is 0 Å². The zero-order chi connectivity index (χ0) is 18.5. The Bertz CT molecular complexity index is 619. The van der Waals surface area contributed by atoms with Crippen molar-refractivity contribution in [3.8, 4) is 0 Å². The number of amides is 2. The van der Waals surface area contributed by atoms with Gasteiger partial charge in [0.15, 0.2) is 0 Å². The Hall–Kier alpha value is -1.92. The molecule has 6 heteroatoms. The standard InChI is InChI=1S/C20H30N4O2/c1-14(2)23-19(25)9-8-17-12-22-20(26)18-10-16(13-24(17)18)21-11-15-6-4-3-5-7-15/h3-7,14,16-18,21H,8-13H2,1-2H3,(H,22,26)(H,23,25)/t16-,17-,18+/m0/s1. The van der Waals surface area contributed by atoms with Crippen molar-refractivity contribution in [2.75, 3.05) is 13.1 Å². The van der Waals surface area contributed by atoms with Crippen LogP contribution in [-0.4, -0.2) is 54.0 Å². The van der Waals surface area contributed by atoms with Crippen LogP contribution in [0.5, 0.6) is 0 Å². The predicted octanol–water partition coefficient (Wildman–Crippen LogP) is 1.02.